The number of aromatic nitrogens is 2. The molecule has 0 saturated carbocycles. The van der Waals surface area contributed by atoms with Gasteiger partial charge in [0.05, 0.1) is 5.41 Å². The van der Waals surface area contributed by atoms with Gasteiger partial charge in [-0.25, -0.2) is 0 Å². The maximum Gasteiger partial charge on any atom is 0.317 e. The average molecular weight is 363 g/mol. The van der Waals surface area contributed by atoms with Gasteiger partial charge in [0.25, 0.3) is 0 Å². The number of aromatic amines is 1. The summed E-state index contributed by atoms with van der Waals surface area (Å²) in [4.78, 5) is 24.9. The molecule has 1 aliphatic heterocycles. The summed E-state index contributed by atoms with van der Waals surface area (Å²) in [5.74, 6) is -0.411. The van der Waals surface area contributed by atoms with E-state index in [1.807, 2.05) is 18.2 Å². The minimum Gasteiger partial charge on any atom is -0.458 e. The van der Waals surface area contributed by atoms with Gasteiger partial charge in [0.15, 0.2) is 0 Å². The lowest BCUT2D eigenvalue weighted by Crippen LogP contribution is -2.43. The van der Waals surface area contributed by atoms with Crippen LogP contribution in [0.5, 0.6) is 0 Å². The van der Waals surface area contributed by atoms with Crippen molar-refractivity contribution in [3.05, 3.63) is 62.5 Å². The maximum atomic E-state index is 12.9. The number of ether oxygens (including phenoxy) is 2. The molecule has 1 N–H and O–H groups in total. The van der Waals surface area contributed by atoms with Crippen LogP contribution in [-0.2, 0) is 26.3 Å². The third-order valence-corrected chi connectivity index (χ3v) is 4.80. The van der Waals surface area contributed by atoms with Gasteiger partial charge in [-0.15, -0.1) is 0 Å². The molecule has 0 aliphatic carbocycles. The number of carbonyl (C=O) groups excluding carboxylic acids is 1. The monoisotopic (exact) mass is 362 g/mol. The van der Waals surface area contributed by atoms with Crippen molar-refractivity contribution in [1.82, 2.24) is 10.2 Å². The number of halogens is 1. The SMILES string of the molecule is Cc1cc(=O)c(COC(=O)C2(c3ccccc3Cl)CCOCC2)n[nH]1. The van der Waals surface area contributed by atoms with E-state index in [0.717, 1.165) is 5.56 Å². The predicted molar refractivity (Wildman–Crippen MR) is 92.6 cm³/mol. The fourth-order valence-corrected chi connectivity index (χ4v) is 3.37. The molecule has 0 bridgehead atoms. The first-order valence-corrected chi connectivity index (χ1v) is 8.46. The van der Waals surface area contributed by atoms with Crippen LogP contribution in [0.1, 0.15) is 29.8 Å². The Morgan fingerprint density at radius 2 is 2.08 bits per heavy atom. The normalized spacial score (nSPS) is 16.4. The Hall–Kier alpha value is -2.18. The second-order valence-corrected chi connectivity index (χ2v) is 6.52. The van der Waals surface area contributed by atoms with Crippen LogP contribution in [0.15, 0.2) is 35.1 Å². The van der Waals surface area contributed by atoms with Gasteiger partial charge in [0, 0.05) is 30.0 Å². The summed E-state index contributed by atoms with van der Waals surface area (Å²) in [6, 6.07) is 8.69. The third kappa shape index (κ3) is 3.60. The molecule has 3 rings (SSSR count). The molecule has 2 heterocycles. The summed E-state index contributed by atoms with van der Waals surface area (Å²) < 4.78 is 10.9. The second-order valence-electron chi connectivity index (χ2n) is 6.11. The van der Waals surface area contributed by atoms with Crippen molar-refractivity contribution in [3.63, 3.8) is 0 Å². The first kappa shape index (κ1) is 17.6. The molecule has 1 aromatic carbocycles. The molecular weight excluding hydrogens is 344 g/mol. The largest absolute Gasteiger partial charge is 0.458 e. The van der Waals surface area contributed by atoms with Gasteiger partial charge < -0.3 is 9.47 Å². The topological polar surface area (TPSA) is 81.3 Å². The number of rotatable bonds is 4. The summed E-state index contributed by atoms with van der Waals surface area (Å²) in [6.07, 6.45) is 0.959. The van der Waals surface area contributed by atoms with Crippen molar-refractivity contribution < 1.29 is 14.3 Å². The third-order valence-electron chi connectivity index (χ3n) is 4.47. The Morgan fingerprint density at radius 3 is 2.76 bits per heavy atom. The van der Waals surface area contributed by atoms with Crippen LogP contribution >= 0.6 is 11.6 Å². The van der Waals surface area contributed by atoms with Crippen LogP contribution in [0.4, 0.5) is 0 Å². The highest BCUT2D eigenvalue weighted by molar-refractivity contribution is 6.31. The van der Waals surface area contributed by atoms with E-state index in [1.165, 1.54) is 6.07 Å². The highest BCUT2D eigenvalue weighted by Gasteiger charge is 2.44. The lowest BCUT2D eigenvalue weighted by Gasteiger charge is -2.35. The molecule has 132 valence electrons. The fourth-order valence-electron chi connectivity index (χ4n) is 3.05. The van der Waals surface area contributed by atoms with E-state index in [1.54, 1.807) is 13.0 Å². The molecule has 0 radical (unpaired) electrons. The molecule has 2 aromatic rings. The number of esters is 1. The Bertz CT molecular complexity index is 828. The molecule has 25 heavy (non-hydrogen) atoms. The lowest BCUT2D eigenvalue weighted by molar-refractivity contribution is -0.156. The zero-order valence-corrected chi connectivity index (χ0v) is 14.6. The Labute approximate surface area is 150 Å². The van der Waals surface area contributed by atoms with E-state index in [2.05, 4.69) is 10.2 Å². The van der Waals surface area contributed by atoms with Crippen molar-refractivity contribution in [3.8, 4) is 0 Å². The number of benzene rings is 1. The van der Waals surface area contributed by atoms with Gasteiger partial charge in [0.2, 0.25) is 5.43 Å². The maximum absolute atomic E-state index is 12.9. The van der Waals surface area contributed by atoms with E-state index in [9.17, 15) is 9.59 Å². The lowest BCUT2D eigenvalue weighted by atomic mass is 9.74. The average Bonchev–Trinajstić information content (AvgIpc) is 2.61. The molecule has 1 aromatic heterocycles. The van der Waals surface area contributed by atoms with E-state index >= 15 is 0 Å². The van der Waals surface area contributed by atoms with Crippen molar-refractivity contribution in [2.24, 2.45) is 0 Å². The molecule has 1 aliphatic rings. The number of aryl methyl sites for hydroxylation is 1. The standard InChI is InChI=1S/C18H19ClN2O4/c1-12-10-16(22)15(21-20-12)11-25-17(23)18(6-8-24-9-7-18)13-4-2-3-5-14(13)19/h2-5,10H,6-9,11H2,1H3,(H,20,22). The van der Waals surface area contributed by atoms with Gasteiger partial charge in [-0.1, -0.05) is 29.8 Å². The molecule has 1 fully saturated rings. The highest BCUT2D eigenvalue weighted by atomic mass is 35.5. The first-order valence-electron chi connectivity index (χ1n) is 8.08. The predicted octanol–water partition coefficient (Wildman–Crippen LogP) is 2.52. The highest BCUT2D eigenvalue weighted by Crippen LogP contribution is 2.39. The van der Waals surface area contributed by atoms with Gasteiger partial charge >= 0.3 is 5.97 Å². The Balaban J connectivity index is 1.85. The van der Waals surface area contributed by atoms with Crippen LogP contribution in [0, 0.1) is 6.92 Å². The van der Waals surface area contributed by atoms with Crippen molar-refractivity contribution in [2.75, 3.05) is 13.2 Å². The Morgan fingerprint density at radius 1 is 1.36 bits per heavy atom. The van der Waals surface area contributed by atoms with E-state index < -0.39 is 11.4 Å². The van der Waals surface area contributed by atoms with Crippen molar-refractivity contribution >= 4 is 17.6 Å². The summed E-state index contributed by atoms with van der Waals surface area (Å²) in [6.45, 7) is 2.45. The second kappa shape index (κ2) is 7.37. The van der Waals surface area contributed by atoms with Crippen LogP contribution in [0.3, 0.4) is 0 Å². The van der Waals surface area contributed by atoms with Crippen LogP contribution in [0.25, 0.3) is 0 Å². The van der Waals surface area contributed by atoms with E-state index in [0.29, 0.717) is 36.8 Å². The first-order chi connectivity index (χ1) is 12.0. The molecule has 6 nitrogen and oxygen atoms in total. The van der Waals surface area contributed by atoms with Crippen molar-refractivity contribution in [1.29, 1.82) is 0 Å². The quantitative estimate of drug-likeness (QED) is 0.845. The summed E-state index contributed by atoms with van der Waals surface area (Å²) in [7, 11) is 0. The minimum absolute atomic E-state index is 0.167. The zero-order valence-electron chi connectivity index (χ0n) is 13.9. The smallest absolute Gasteiger partial charge is 0.317 e. The Kier molecular flexibility index (Phi) is 5.20. The molecule has 7 heteroatoms. The summed E-state index contributed by atoms with van der Waals surface area (Å²) in [5, 5.41) is 7.18. The zero-order chi connectivity index (χ0) is 17.9. The molecule has 0 spiro atoms. The van der Waals surface area contributed by atoms with Gasteiger partial charge in [-0.3, -0.25) is 14.7 Å². The minimum atomic E-state index is -0.867. The van der Waals surface area contributed by atoms with Crippen LogP contribution in [0.2, 0.25) is 5.02 Å². The number of carbonyl (C=O) groups is 1. The number of H-pyrrole nitrogens is 1. The van der Waals surface area contributed by atoms with E-state index in [-0.39, 0.29) is 17.7 Å². The van der Waals surface area contributed by atoms with Crippen LogP contribution < -0.4 is 5.43 Å². The van der Waals surface area contributed by atoms with Gasteiger partial charge in [-0.05, 0) is 31.4 Å². The fraction of sp³-hybridized carbons (Fsp3) is 0.389. The molecule has 0 atom stereocenters. The molecular formula is C18H19ClN2O4. The molecule has 0 amide bonds. The molecule has 0 unspecified atom stereocenters. The number of nitrogens with zero attached hydrogens (tertiary/aromatic N) is 1. The van der Waals surface area contributed by atoms with Crippen LogP contribution in [-0.4, -0.2) is 29.4 Å². The molecule has 1 saturated heterocycles. The van der Waals surface area contributed by atoms with E-state index in [4.69, 9.17) is 21.1 Å². The van der Waals surface area contributed by atoms with Crippen molar-refractivity contribution in [2.45, 2.75) is 31.8 Å². The summed E-state index contributed by atoms with van der Waals surface area (Å²) in [5.41, 5.74) is 0.421. The number of hydrogen-bond donors (Lipinski definition) is 1. The number of nitrogens with one attached hydrogen (secondary N) is 1. The van der Waals surface area contributed by atoms with Gasteiger partial charge in [-0.2, -0.15) is 5.10 Å². The number of hydrogen-bond acceptors (Lipinski definition) is 5. The summed E-state index contributed by atoms with van der Waals surface area (Å²) >= 11 is 6.34. The van der Waals surface area contributed by atoms with Gasteiger partial charge in [0.1, 0.15) is 12.3 Å².